The van der Waals surface area contributed by atoms with Gasteiger partial charge in [0.15, 0.2) is 0 Å². The Labute approximate surface area is 167 Å². The highest BCUT2D eigenvalue weighted by atomic mass is 79.9. The molecule has 0 unspecified atom stereocenters. The fourth-order valence-electron chi connectivity index (χ4n) is 2.33. The SMILES string of the molecule is Cc1cc(Br)ccc1NC(=O)CN(C)C(=O)c1csc(-c2ccsc2)n1. The van der Waals surface area contributed by atoms with E-state index >= 15 is 0 Å². The summed E-state index contributed by atoms with van der Waals surface area (Å²) < 4.78 is 0.949. The molecule has 0 saturated heterocycles. The first-order valence-electron chi connectivity index (χ1n) is 7.73. The van der Waals surface area contributed by atoms with Crippen LogP contribution < -0.4 is 5.32 Å². The largest absolute Gasteiger partial charge is 0.331 e. The van der Waals surface area contributed by atoms with Crippen LogP contribution in [0.25, 0.3) is 10.6 Å². The van der Waals surface area contributed by atoms with E-state index in [9.17, 15) is 9.59 Å². The molecule has 0 spiro atoms. The van der Waals surface area contributed by atoms with Crippen molar-refractivity contribution < 1.29 is 9.59 Å². The predicted octanol–water partition coefficient (Wildman–Crippen LogP) is 4.65. The Morgan fingerprint density at radius 1 is 1.27 bits per heavy atom. The molecule has 8 heteroatoms. The van der Waals surface area contributed by atoms with Crippen LogP contribution in [0.4, 0.5) is 5.69 Å². The number of likely N-dealkylation sites (N-methyl/N-ethyl adjacent to an activating group) is 1. The summed E-state index contributed by atoms with van der Waals surface area (Å²) in [5, 5.41) is 9.32. The van der Waals surface area contributed by atoms with Gasteiger partial charge < -0.3 is 10.2 Å². The number of anilines is 1. The molecule has 0 atom stereocenters. The third-order valence-electron chi connectivity index (χ3n) is 3.68. The highest BCUT2D eigenvalue weighted by Gasteiger charge is 2.19. The number of rotatable bonds is 5. The number of halogens is 1. The summed E-state index contributed by atoms with van der Waals surface area (Å²) in [4.78, 5) is 30.5. The lowest BCUT2D eigenvalue weighted by Crippen LogP contribution is -2.35. The second-order valence-electron chi connectivity index (χ2n) is 5.72. The number of nitrogens with one attached hydrogen (secondary N) is 1. The number of hydrogen-bond donors (Lipinski definition) is 1. The van der Waals surface area contributed by atoms with Gasteiger partial charge in [0.25, 0.3) is 5.91 Å². The summed E-state index contributed by atoms with van der Waals surface area (Å²) in [7, 11) is 1.60. The Hall–Kier alpha value is -2.03. The van der Waals surface area contributed by atoms with E-state index in [1.54, 1.807) is 23.8 Å². The van der Waals surface area contributed by atoms with Crippen molar-refractivity contribution in [1.29, 1.82) is 0 Å². The monoisotopic (exact) mass is 449 g/mol. The van der Waals surface area contributed by atoms with E-state index in [2.05, 4.69) is 26.2 Å². The van der Waals surface area contributed by atoms with Gasteiger partial charge in [0, 0.05) is 33.5 Å². The van der Waals surface area contributed by atoms with E-state index in [0.717, 1.165) is 26.3 Å². The van der Waals surface area contributed by atoms with Crippen molar-refractivity contribution in [1.82, 2.24) is 9.88 Å². The molecule has 0 fully saturated rings. The third kappa shape index (κ3) is 4.38. The molecule has 2 amide bonds. The van der Waals surface area contributed by atoms with E-state index in [1.165, 1.54) is 16.2 Å². The molecule has 134 valence electrons. The van der Waals surface area contributed by atoms with Crippen molar-refractivity contribution >= 4 is 56.1 Å². The minimum absolute atomic E-state index is 0.0420. The normalized spacial score (nSPS) is 10.6. The summed E-state index contributed by atoms with van der Waals surface area (Å²) in [6, 6.07) is 7.58. The summed E-state index contributed by atoms with van der Waals surface area (Å²) in [5.41, 5.74) is 3.03. The van der Waals surface area contributed by atoms with E-state index in [-0.39, 0.29) is 18.4 Å². The van der Waals surface area contributed by atoms with Gasteiger partial charge in [0.05, 0.1) is 6.54 Å². The molecule has 26 heavy (non-hydrogen) atoms. The maximum atomic E-state index is 12.5. The van der Waals surface area contributed by atoms with Crippen molar-refractivity contribution in [2.75, 3.05) is 18.9 Å². The number of carbonyl (C=O) groups excluding carboxylic acids is 2. The fraction of sp³-hybridized carbons (Fsp3) is 0.167. The fourth-order valence-corrected chi connectivity index (χ4v) is 4.31. The molecule has 0 aliphatic rings. The molecule has 2 aromatic heterocycles. The Morgan fingerprint density at radius 2 is 2.08 bits per heavy atom. The average molecular weight is 450 g/mol. The Kier molecular flexibility index (Phi) is 5.85. The maximum Gasteiger partial charge on any atom is 0.273 e. The number of nitrogens with zero attached hydrogens (tertiary/aromatic N) is 2. The summed E-state index contributed by atoms with van der Waals surface area (Å²) in [6.45, 7) is 1.87. The van der Waals surface area contributed by atoms with Crippen LogP contribution in [0.2, 0.25) is 0 Å². The third-order valence-corrected chi connectivity index (χ3v) is 5.75. The summed E-state index contributed by atoms with van der Waals surface area (Å²) in [6.07, 6.45) is 0. The molecule has 3 rings (SSSR count). The van der Waals surface area contributed by atoms with Crippen molar-refractivity contribution in [3.8, 4) is 10.6 Å². The van der Waals surface area contributed by atoms with E-state index in [4.69, 9.17) is 0 Å². The molecular weight excluding hydrogens is 434 g/mol. The van der Waals surface area contributed by atoms with Gasteiger partial charge in [-0.2, -0.15) is 11.3 Å². The molecular formula is C18H16BrN3O2S2. The quantitative estimate of drug-likeness (QED) is 0.616. The van der Waals surface area contributed by atoms with Gasteiger partial charge in [-0.1, -0.05) is 15.9 Å². The first-order chi connectivity index (χ1) is 12.4. The van der Waals surface area contributed by atoms with Crippen molar-refractivity contribution in [3.63, 3.8) is 0 Å². The number of thiazole rings is 1. The van der Waals surface area contributed by atoms with Crippen LogP contribution in [0.1, 0.15) is 16.1 Å². The highest BCUT2D eigenvalue weighted by molar-refractivity contribution is 9.10. The van der Waals surface area contributed by atoms with Crippen molar-refractivity contribution in [2.45, 2.75) is 6.92 Å². The first-order valence-corrected chi connectivity index (χ1v) is 10.3. The Balaban J connectivity index is 1.62. The molecule has 1 aromatic carbocycles. The van der Waals surface area contributed by atoms with Crippen LogP contribution in [0, 0.1) is 6.92 Å². The minimum atomic E-state index is -0.273. The second-order valence-corrected chi connectivity index (χ2v) is 8.27. The molecule has 0 radical (unpaired) electrons. The van der Waals surface area contributed by atoms with E-state index < -0.39 is 0 Å². The number of thiophene rings is 1. The number of aromatic nitrogens is 1. The van der Waals surface area contributed by atoms with E-state index in [0.29, 0.717) is 5.69 Å². The number of benzene rings is 1. The van der Waals surface area contributed by atoms with Gasteiger partial charge in [0.2, 0.25) is 5.91 Å². The molecule has 0 aliphatic heterocycles. The van der Waals surface area contributed by atoms with Crippen molar-refractivity contribution in [2.24, 2.45) is 0 Å². The molecule has 1 N–H and O–H groups in total. The summed E-state index contributed by atoms with van der Waals surface area (Å²) in [5.74, 6) is -0.523. The van der Waals surface area contributed by atoms with Crippen LogP contribution >= 0.6 is 38.6 Å². The summed E-state index contributed by atoms with van der Waals surface area (Å²) >= 11 is 6.40. The van der Waals surface area contributed by atoms with Gasteiger partial charge in [-0.3, -0.25) is 9.59 Å². The van der Waals surface area contributed by atoms with Gasteiger partial charge in [0.1, 0.15) is 10.7 Å². The second kappa shape index (κ2) is 8.11. The zero-order chi connectivity index (χ0) is 18.7. The van der Waals surface area contributed by atoms with Gasteiger partial charge in [-0.25, -0.2) is 4.98 Å². The average Bonchev–Trinajstić information content (AvgIpc) is 3.27. The van der Waals surface area contributed by atoms with Crippen molar-refractivity contribution in [3.05, 3.63) is 56.1 Å². The van der Waals surface area contributed by atoms with Crippen LogP contribution in [-0.4, -0.2) is 35.3 Å². The molecule has 0 bridgehead atoms. The highest BCUT2D eigenvalue weighted by Crippen LogP contribution is 2.26. The number of carbonyl (C=O) groups is 2. The zero-order valence-electron chi connectivity index (χ0n) is 14.2. The van der Waals surface area contributed by atoms with Gasteiger partial charge in [-0.15, -0.1) is 11.3 Å². The smallest absolute Gasteiger partial charge is 0.273 e. The lowest BCUT2D eigenvalue weighted by molar-refractivity contribution is -0.116. The standard InChI is InChI=1S/C18H16BrN3O2S2/c1-11-7-13(19)3-4-14(11)20-16(23)8-22(2)18(24)15-10-26-17(21-15)12-5-6-25-9-12/h3-7,9-10H,8H2,1-2H3,(H,20,23). The number of hydrogen-bond acceptors (Lipinski definition) is 5. The molecule has 2 heterocycles. The zero-order valence-corrected chi connectivity index (χ0v) is 17.4. The molecule has 3 aromatic rings. The topological polar surface area (TPSA) is 62.3 Å². The Morgan fingerprint density at radius 3 is 2.77 bits per heavy atom. The maximum absolute atomic E-state index is 12.5. The molecule has 0 saturated carbocycles. The van der Waals surface area contributed by atoms with Gasteiger partial charge in [-0.05, 0) is 42.1 Å². The van der Waals surface area contributed by atoms with Crippen LogP contribution in [0.3, 0.4) is 0 Å². The van der Waals surface area contributed by atoms with E-state index in [1.807, 2.05) is 41.9 Å². The van der Waals surface area contributed by atoms with Gasteiger partial charge >= 0.3 is 0 Å². The lowest BCUT2D eigenvalue weighted by Gasteiger charge is -2.16. The number of amides is 2. The molecule has 0 aliphatic carbocycles. The first kappa shape index (κ1) is 18.8. The lowest BCUT2D eigenvalue weighted by atomic mass is 10.2. The van der Waals surface area contributed by atoms with Crippen LogP contribution in [-0.2, 0) is 4.79 Å². The number of aryl methyl sites for hydroxylation is 1. The minimum Gasteiger partial charge on any atom is -0.331 e. The van der Waals surface area contributed by atoms with Crippen LogP contribution in [0.5, 0.6) is 0 Å². The molecule has 5 nitrogen and oxygen atoms in total. The predicted molar refractivity (Wildman–Crippen MR) is 110 cm³/mol. The van der Waals surface area contributed by atoms with Crippen LogP contribution in [0.15, 0.2) is 44.9 Å². The Bertz CT molecular complexity index is 938.